The minimum atomic E-state index is -3.66. The second-order valence-electron chi connectivity index (χ2n) is 4.33. The molecule has 0 fully saturated rings. The molecule has 0 aliphatic heterocycles. The van der Waals surface area contributed by atoms with Gasteiger partial charge in [0.2, 0.25) is 0 Å². The smallest absolute Gasteiger partial charge is 0.376 e. The Morgan fingerprint density at radius 2 is 1.71 bits per heavy atom. The maximum absolute atomic E-state index is 12.6. The quantitative estimate of drug-likeness (QED) is 0.385. The van der Waals surface area contributed by atoms with Crippen LogP contribution in [0.15, 0.2) is 12.2 Å². The molecule has 0 amide bonds. The number of ether oxygens (including phenoxy) is 3. The minimum Gasteiger partial charge on any atom is -0.462 e. The molecule has 0 aromatic carbocycles. The summed E-state index contributed by atoms with van der Waals surface area (Å²) in [5.74, 6) is -6.81. The molecule has 8 heteroatoms. The summed E-state index contributed by atoms with van der Waals surface area (Å²) in [7, 11) is 0. The molecule has 6 nitrogen and oxygen atoms in total. The van der Waals surface area contributed by atoms with Gasteiger partial charge < -0.3 is 14.2 Å². The molecule has 0 rings (SSSR count). The lowest BCUT2D eigenvalue weighted by Gasteiger charge is -2.19. The summed E-state index contributed by atoms with van der Waals surface area (Å²) in [6.07, 6.45) is -1.09. The Kier molecular flexibility index (Phi) is 7.54. The van der Waals surface area contributed by atoms with E-state index in [-0.39, 0.29) is 12.0 Å². The molecular formula is C13H18F2O6. The summed E-state index contributed by atoms with van der Waals surface area (Å²) in [6, 6.07) is 0. The molecule has 0 aliphatic rings. The van der Waals surface area contributed by atoms with Crippen LogP contribution >= 0.6 is 0 Å². The third kappa shape index (κ3) is 8.01. The molecule has 0 aromatic rings. The average Bonchev–Trinajstić information content (AvgIpc) is 2.39. The molecule has 0 saturated carbocycles. The van der Waals surface area contributed by atoms with Crippen LogP contribution in [0.25, 0.3) is 0 Å². The molecule has 1 unspecified atom stereocenters. The van der Waals surface area contributed by atoms with Gasteiger partial charge in [-0.1, -0.05) is 13.5 Å². The number of carbonyl (C=O) groups excluding carboxylic acids is 3. The number of hydrogen-bond acceptors (Lipinski definition) is 6. The Morgan fingerprint density at radius 1 is 1.19 bits per heavy atom. The maximum atomic E-state index is 12.6. The number of rotatable bonds is 8. The van der Waals surface area contributed by atoms with Gasteiger partial charge in [0.25, 0.3) is 0 Å². The van der Waals surface area contributed by atoms with E-state index in [9.17, 15) is 23.2 Å². The first-order valence-corrected chi connectivity index (χ1v) is 6.15. The van der Waals surface area contributed by atoms with Crippen molar-refractivity contribution in [1.82, 2.24) is 0 Å². The zero-order chi connectivity index (χ0) is 16.6. The molecule has 1 atom stereocenters. The highest BCUT2D eigenvalue weighted by atomic mass is 19.3. The lowest BCUT2D eigenvalue weighted by Crippen LogP contribution is -2.34. The number of esters is 3. The van der Waals surface area contributed by atoms with Gasteiger partial charge in [0.15, 0.2) is 6.10 Å². The second kappa shape index (κ2) is 8.33. The van der Waals surface area contributed by atoms with Gasteiger partial charge in [0, 0.05) is 18.9 Å². The van der Waals surface area contributed by atoms with Gasteiger partial charge in [-0.15, -0.1) is 0 Å². The van der Waals surface area contributed by atoms with Crippen LogP contribution in [0.4, 0.5) is 8.78 Å². The van der Waals surface area contributed by atoms with Gasteiger partial charge in [-0.3, -0.25) is 4.79 Å². The van der Waals surface area contributed by atoms with Crippen molar-refractivity contribution < 1.29 is 37.4 Å². The van der Waals surface area contributed by atoms with Gasteiger partial charge in [-0.2, -0.15) is 8.78 Å². The van der Waals surface area contributed by atoms with E-state index in [4.69, 9.17) is 9.47 Å². The van der Waals surface area contributed by atoms with Crippen molar-refractivity contribution in [3.63, 3.8) is 0 Å². The SMILES string of the molecule is C=C(C)C(=O)OC(COC(=O)CC)COC(=O)C(C)(F)F. The highest BCUT2D eigenvalue weighted by Crippen LogP contribution is 2.14. The Hall–Kier alpha value is -1.99. The number of carbonyl (C=O) groups is 3. The lowest BCUT2D eigenvalue weighted by atomic mass is 10.3. The summed E-state index contributed by atoms with van der Waals surface area (Å²) >= 11 is 0. The van der Waals surface area contributed by atoms with E-state index in [2.05, 4.69) is 11.3 Å². The van der Waals surface area contributed by atoms with Crippen molar-refractivity contribution in [3.8, 4) is 0 Å². The predicted octanol–water partition coefficient (Wildman–Crippen LogP) is 1.63. The van der Waals surface area contributed by atoms with Crippen LogP contribution in [0.5, 0.6) is 0 Å². The third-order valence-corrected chi connectivity index (χ3v) is 2.10. The fourth-order valence-corrected chi connectivity index (χ4v) is 0.951. The van der Waals surface area contributed by atoms with Crippen LogP contribution in [0.3, 0.4) is 0 Å². The van der Waals surface area contributed by atoms with Crippen molar-refractivity contribution in [2.75, 3.05) is 13.2 Å². The lowest BCUT2D eigenvalue weighted by molar-refractivity contribution is -0.177. The molecule has 0 aliphatic carbocycles. The van der Waals surface area contributed by atoms with E-state index in [1.165, 1.54) is 6.92 Å². The van der Waals surface area contributed by atoms with Gasteiger partial charge in [0.1, 0.15) is 13.2 Å². The maximum Gasteiger partial charge on any atom is 0.376 e. The first-order valence-electron chi connectivity index (χ1n) is 6.15. The van der Waals surface area contributed by atoms with Gasteiger partial charge in [0.05, 0.1) is 0 Å². The molecule has 0 N–H and O–H groups in total. The molecular weight excluding hydrogens is 290 g/mol. The molecule has 0 saturated heterocycles. The van der Waals surface area contributed by atoms with Crippen molar-refractivity contribution in [2.24, 2.45) is 0 Å². The minimum absolute atomic E-state index is 0.0639. The molecule has 0 spiro atoms. The molecule has 120 valence electrons. The topological polar surface area (TPSA) is 78.9 Å². The van der Waals surface area contributed by atoms with Crippen molar-refractivity contribution in [1.29, 1.82) is 0 Å². The summed E-state index contributed by atoms with van der Waals surface area (Å²) in [5.41, 5.74) is 0.0639. The van der Waals surface area contributed by atoms with Crippen LogP contribution in [-0.4, -0.2) is 43.1 Å². The zero-order valence-corrected chi connectivity index (χ0v) is 12.1. The average molecular weight is 308 g/mol. The van der Waals surface area contributed by atoms with Crippen LogP contribution < -0.4 is 0 Å². The summed E-state index contributed by atoms with van der Waals surface area (Å²) in [6.45, 7) is 5.59. The van der Waals surface area contributed by atoms with E-state index < -0.39 is 43.1 Å². The Labute approximate surface area is 121 Å². The summed E-state index contributed by atoms with van der Waals surface area (Å²) in [5, 5.41) is 0. The largest absolute Gasteiger partial charge is 0.462 e. The van der Waals surface area contributed by atoms with E-state index in [1.54, 1.807) is 6.92 Å². The first-order chi connectivity index (χ1) is 9.57. The number of hydrogen-bond donors (Lipinski definition) is 0. The first kappa shape index (κ1) is 19.0. The molecule has 0 bridgehead atoms. The molecule has 0 aromatic heterocycles. The van der Waals surface area contributed by atoms with Crippen LogP contribution in [0, 0.1) is 0 Å². The summed E-state index contributed by atoms with van der Waals surface area (Å²) in [4.78, 5) is 33.3. The van der Waals surface area contributed by atoms with Crippen molar-refractivity contribution >= 4 is 17.9 Å². The zero-order valence-electron chi connectivity index (χ0n) is 12.1. The molecule has 21 heavy (non-hydrogen) atoms. The fraction of sp³-hybridized carbons (Fsp3) is 0.615. The fourth-order valence-electron chi connectivity index (χ4n) is 0.951. The predicted molar refractivity (Wildman–Crippen MR) is 67.5 cm³/mol. The Morgan fingerprint density at radius 3 is 2.14 bits per heavy atom. The Balaban J connectivity index is 4.57. The molecule has 0 heterocycles. The monoisotopic (exact) mass is 308 g/mol. The van der Waals surface area contributed by atoms with Gasteiger partial charge in [-0.05, 0) is 6.92 Å². The van der Waals surface area contributed by atoms with Gasteiger partial charge in [-0.25, -0.2) is 9.59 Å². The van der Waals surface area contributed by atoms with E-state index >= 15 is 0 Å². The Bertz CT molecular complexity index is 413. The highest BCUT2D eigenvalue weighted by Gasteiger charge is 2.35. The van der Waals surface area contributed by atoms with E-state index in [0.717, 1.165) is 0 Å². The number of alkyl halides is 2. The highest BCUT2D eigenvalue weighted by molar-refractivity contribution is 5.87. The molecule has 0 radical (unpaired) electrons. The number of halogens is 2. The summed E-state index contributed by atoms with van der Waals surface area (Å²) < 4.78 is 39.2. The van der Waals surface area contributed by atoms with Crippen LogP contribution in [-0.2, 0) is 28.6 Å². The second-order valence-corrected chi connectivity index (χ2v) is 4.33. The normalized spacial score (nSPS) is 12.2. The third-order valence-electron chi connectivity index (χ3n) is 2.10. The van der Waals surface area contributed by atoms with Crippen LogP contribution in [0.2, 0.25) is 0 Å². The van der Waals surface area contributed by atoms with Crippen molar-refractivity contribution in [3.05, 3.63) is 12.2 Å². The van der Waals surface area contributed by atoms with E-state index in [0.29, 0.717) is 6.92 Å². The van der Waals surface area contributed by atoms with Gasteiger partial charge >= 0.3 is 23.8 Å². The van der Waals surface area contributed by atoms with E-state index in [1.807, 2.05) is 0 Å². The standard InChI is InChI=1S/C13H18F2O6/c1-5-10(16)19-6-9(21-11(17)8(2)3)7-20-12(18)13(4,14)15/h9H,2,5-7H2,1,3-4H3. The van der Waals surface area contributed by atoms with Crippen molar-refractivity contribution in [2.45, 2.75) is 39.2 Å². The van der Waals surface area contributed by atoms with Crippen LogP contribution in [0.1, 0.15) is 27.2 Å².